The quantitative estimate of drug-likeness (QED) is 0.857. The van der Waals surface area contributed by atoms with Crippen molar-refractivity contribution >= 4 is 29.2 Å². The van der Waals surface area contributed by atoms with Gasteiger partial charge in [0.05, 0.1) is 5.25 Å². The lowest BCUT2D eigenvalue weighted by Crippen LogP contribution is -2.33. The van der Waals surface area contributed by atoms with Crippen molar-refractivity contribution in [1.29, 1.82) is 10.5 Å². The predicted molar refractivity (Wildman–Crippen MR) is 92.0 cm³/mol. The second kappa shape index (κ2) is 7.49. The van der Waals surface area contributed by atoms with E-state index in [9.17, 15) is 10.1 Å². The first-order valence-corrected chi connectivity index (χ1v) is 8.01. The number of carbonyl (C=O) groups excluding carboxylic acids is 1. The molecule has 1 heterocycles. The van der Waals surface area contributed by atoms with Crippen molar-refractivity contribution in [3.05, 3.63) is 47.5 Å². The van der Waals surface area contributed by atoms with E-state index in [2.05, 4.69) is 4.98 Å². The molecule has 7 heteroatoms. The Bertz CT molecular complexity index is 839. The number of benzene rings is 1. The Kier molecular flexibility index (Phi) is 5.41. The smallest absolute Gasteiger partial charge is 0.289 e. The van der Waals surface area contributed by atoms with Crippen molar-refractivity contribution in [3.63, 3.8) is 0 Å². The molecule has 1 amide bonds. The molecule has 120 valence electrons. The number of anilines is 2. The molecule has 0 bridgehead atoms. The van der Waals surface area contributed by atoms with Crippen LogP contribution in [0, 0.1) is 22.7 Å². The number of hydrogen-bond donors (Lipinski definition) is 1. The maximum absolute atomic E-state index is 12.6. The molecule has 0 spiro atoms. The van der Waals surface area contributed by atoms with Gasteiger partial charge in [-0.25, -0.2) is 4.98 Å². The predicted octanol–water partition coefficient (Wildman–Crippen LogP) is 1.97. The number of aromatic amines is 1. The summed E-state index contributed by atoms with van der Waals surface area (Å²) in [6, 6.07) is 14.7. The number of nitrogen functional groups attached to an aromatic ring is 1. The summed E-state index contributed by atoms with van der Waals surface area (Å²) < 4.78 is 0. The first-order chi connectivity index (χ1) is 11.5. The van der Waals surface area contributed by atoms with Gasteiger partial charge < -0.3 is 4.90 Å². The Morgan fingerprint density at radius 3 is 2.46 bits per heavy atom. The summed E-state index contributed by atoms with van der Waals surface area (Å²) in [7, 11) is 1.71. The molecule has 0 aliphatic heterocycles. The van der Waals surface area contributed by atoms with Crippen LogP contribution in [0.5, 0.6) is 0 Å². The van der Waals surface area contributed by atoms with Crippen LogP contribution in [-0.4, -0.2) is 18.2 Å². The Hall–Kier alpha value is -3.03. The van der Waals surface area contributed by atoms with Crippen LogP contribution >= 0.6 is 11.8 Å². The summed E-state index contributed by atoms with van der Waals surface area (Å²) in [5.41, 5.74) is 7.04. The molecule has 0 aliphatic carbocycles. The molecule has 0 unspecified atom stereocenters. The number of H-pyrrole nitrogens is 1. The lowest BCUT2D eigenvalue weighted by atomic mass is 10.2. The number of nitrogens with two attached hydrogens (primary N) is 1. The standard InChI is InChI=1S/C17H15N5OS/c1-11(17(23)22(2)14-6-4-3-5-7-14)24-16-13(10-19)8-12(9-18)15(20)21-16/h3-8,11H,1-2H3,(H2,20,21)/p+1/t11-/m0/s1. The first kappa shape index (κ1) is 17.3. The highest BCUT2D eigenvalue weighted by Crippen LogP contribution is 2.26. The van der Waals surface area contributed by atoms with Gasteiger partial charge in [-0.05, 0) is 25.1 Å². The molecule has 1 atom stereocenters. The number of nitriles is 2. The molecular formula is C17H16N5OS+. The molecule has 1 aromatic heterocycles. The van der Waals surface area contributed by atoms with Gasteiger partial charge in [-0.2, -0.15) is 10.5 Å². The maximum atomic E-state index is 12.6. The number of pyridine rings is 1. The molecule has 0 radical (unpaired) electrons. The van der Waals surface area contributed by atoms with Gasteiger partial charge in [0.15, 0.2) is 5.03 Å². The molecule has 3 N–H and O–H groups in total. The van der Waals surface area contributed by atoms with Crippen LogP contribution in [-0.2, 0) is 4.79 Å². The molecule has 6 nitrogen and oxygen atoms in total. The number of hydrogen-bond acceptors (Lipinski definition) is 5. The van der Waals surface area contributed by atoms with E-state index in [0.29, 0.717) is 5.03 Å². The highest BCUT2D eigenvalue weighted by Gasteiger charge is 2.24. The van der Waals surface area contributed by atoms with E-state index in [1.54, 1.807) is 18.9 Å². The number of nitrogens with zero attached hydrogens (tertiary/aromatic N) is 3. The van der Waals surface area contributed by atoms with Crippen molar-refractivity contribution in [2.24, 2.45) is 0 Å². The van der Waals surface area contributed by atoms with E-state index < -0.39 is 5.25 Å². The fraction of sp³-hybridized carbons (Fsp3) is 0.176. The lowest BCUT2D eigenvalue weighted by molar-refractivity contribution is -0.410. The van der Waals surface area contributed by atoms with Gasteiger partial charge in [-0.1, -0.05) is 30.0 Å². The Morgan fingerprint density at radius 2 is 1.88 bits per heavy atom. The zero-order valence-electron chi connectivity index (χ0n) is 13.3. The largest absolute Gasteiger partial charge is 0.315 e. The number of nitrogens with one attached hydrogen (secondary N) is 1. The van der Waals surface area contributed by atoms with E-state index in [1.807, 2.05) is 42.5 Å². The molecule has 2 rings (SSSR count). The zero-order valence-corrected chi connectivity index (χ0v) is 14.1. The summed E-state index contributed by atoms with van der Waals surface area (Å²) >= 11 is 1.20. The van der Waals surface area contributed by atoms with Crippen LogP contribution < -0.4 is 15.6 Å². The summed E-state index contributed by atoms with van der Waals surface area (Å²) in [6.07, 6.45) is 0. The molecule has 0 saturated carbocycles. The number of aromatic nitrogens is 1. The Labute approximate surface area is 144 Å². The number of para-hydroxylation sites is 1. The normalized spacial score (nSPS) is 11.2. The van der Waals surface area contributed by atoms with E-state index in [4.69, 9.17) is 11.0 Å². The molecule has 0 saturated heterocycles. The van der Waals surface area contributed by atoms with Gasteiger partial charge in [0.2, 0.25) is 5.91 Å². The second-order valence-electron chi connectivity index (χ2n) is 5.06. The van der Waals surface area contributed by atoms with E-state index in [0.717, 1.165) is 5.69 Å². The zero-order chi connectivity index (χ0) is 17.7. The second-order valence-corrected chi connectivity index (χ2v) is 6.41. The third-order valence-corrected chi connectivity index (χ3v) is 4.54. The summed E-state index contributed by atoms with van der Waals surface area (Å²) in [6.45, 7) is 1.76. The van der Waals surface area contributed by atoms with Crippen molar-refractivity contribution in [2.75, 3.05) is 17.7 Å². The van der Waals surface area contributed by atoms with E-state index in [1.165, 1.54) is 17.8 Å². The number of thioether (sulfide) groups is 1. The van der Waals surface area contributed by atoms with E-state index in [-0.39, 0.29) is 22.9 Å². The Balaban J connectivity index is 2.22. The van der Waals surface area contributed by atoms with Crippen LogP contribution in [0.3, 0.4) is 0 Å². The van der Waals surface area contributed by atoms with Crippen LogP contribution in [0.2, 0.25) is 0 Å². The molecule has 1 aromatic carbocycles. The summed E-state index contributed by atoms with van der Waals surface area (Å²) in [4.78, 5) is 17.0. The van der Waals surface area contributed by atoms with Crippen LogP contribution in [0.25, 0.3) is 0 Å². The van der Waals surface area contributed by atoms with Gasteiger partial charge in [0, 0.05) is 12.7 Å². The van der Waals surface area contributed by atoms with Gasteiger partial charge >= 0.3 is 0 Å². The minimum atomic E-state index is -0.439. The number of rotatable bonds is 4. The third-order valence-electron chi connectivity index (χ3n) is 3.43. The molecular weight excluding hydrogens is 322 g/mol. The lowest BCUT2D eigenvalue weighted by Gasteiger charge is -2.20. The first-order valence-electron chi connectivity index (χ1n) is 7.13. The minimum Gasteiger partial charge on any atom is -0.315 e. The number of amides is 1. The average Bonchev–Trinajstić information content (AvgIpc) is 2.61. The summed E-state index contributed by atoms with van der Waals surface area (Å²) in [5, 5.41) is 18.2. The fourth-order valence-corrected chi connectivity index (χ4v) is 3.10. The Morgan fingerprint density at radius 1 is 1.25 bits per heavy atom. The van der Waals surface area contributed by atoms with Gasteiger partial charge in [0.1, 0.15) is 23.3 Å². The minimum absolute atomic E-state index is 0.105. The van der Waals surface area contributed by atoms with E-state index >= 15 is 0 Å². The van der Waals surface area contributed by atoms with Gasteiger partial charge in [-0.15, -0.1) is 0 Å². The topological polar surface area (TPSA) is 108 Å². The van der Waals surface area contributed by atoms with Crippen LogP contribution in [0.4, 0.5) is 11.5 Å². The molecule has 0 aliphatic rings. The van der Waals surface area contributed by atoms with Crippen LogP contribution in [0.1, 0.15) is 18.1 Å². The molecule has 2 aromatic rings. The number of carbonyl (C=O) groups is 1. The van der Waals surface area contributed by atoms with Crippen LogP contribution in [0.15, 0.2) is 41.4 Å². The van der Waals surface area contributed by atoms with Gasteiger partial charge in [-0.3, -0.25) is 10.5 Å². The third kappa shape index (κ3) is 3.65. The summed E-state index contributed by atoms with van der Waals surface area (Å²) in [5.74, 6) is 0.0708. The highest BCUT2D eigenvalue weighted by atomic mass is 32.2. The molecule has 24 heavy (non-hydrogen) atoms. The SMILES string of the molecule is C[C@H](Sc1[nH+]c(N)c(C#N)cc1C#N)C(=O)N(C)c1ccccc1. The highest BCUT2D eigenvalue weighted by molar-refractivity contribution is 8.00. The van der Waals surface area contributed by atoms with Crippen molar-refractivity contribution in [1.82, 2.24) is 0 Å². The molecule has 0 fully saturated rings. The van der Waals surface area contributed by atoms with Gasteiger partial charge in [0.25, 0.3) is 5.82 Å². The van der Waals surface area contributed by atoms with Crippen molar-refractivity contribution in [3.8, 4) is 12.1 Å². The maximum Gasteiger partial charge on any atom is 0.289 e. The fourth-order valence-electron chi connectivity index (χ4n) is 2.09. The average molecular weight is 338 g/mol. The van der Waals surface area contributed by atoms with Crippen molar-refractivity contribution in [2.45, 2.75) is 17.2 Å². The monoisotopic (exact) mass is 338 g/mol. The van der Waals surface area contributed by atoms with Crippen molar-refractivity contribution < 1.29 is 9.78 Å².